The van der Waals surface area contributed by atoms with E-state index in [9.17, 15) is 14.7 Å². The molecule has 0 aliphatic carbocycles. The molecule has 0 bridgehead atoms. The minimum atomic E-state index is -3.26. The molecule has 2 aromatic rings. The van der Waals surface area contributed by atoms with Gasteiger partial charge in [-0.15, -0.1) is 0 Å². The van der Waals surface area contributed by atoms with E-state index < -0.39 is 31.6 Å². The van der Waals surface area contributed by atoms with E-state index in [0.717, 1.165) is 17.8 Å². The van der Waals surface area contributed by atoms with Crippen molar-refractivity contribution in [2.45, 2.75) is 50.2 Å². The fourth-order valence-corrected chi connectivity index (χ4v) is 9.13. The Morgan fingerprint density at radius 3 is 2.71 bits per heavy atom. The molecule has 2 fully saturated rings. The molecular weight excluding hydrogens is 505 g/mol. The third kappa shape index (κ3) is 4.33. The smallest absolute Gasteiger partial charge is 0.264 e. The lowest BCUT2D eigenvalue weighted by Gasteiger charge is -2.31. The first kappa shape index (κ1) is 26.8. The van der Waals surface area contributed by atoms with E-state index in [2.05, 4.69) is 5.32 Å². The summed E-state index contributed by atoms with van der Waals surface area (Å²) >= 11 is 0. The van der Waals surface area contributed by atoms with Gasteiger partial charge in [0.2, 0.25) is 14.3 Å². The summed E-state index contributed by atoms with van der Waals surface area (Å²) in [5, 5.41) is 12.8. The number of carbonyl (C=O) groups is 2. The first-order valence-corrected chi connectivity index (χ1v) is 16.2. The zero-order valence-corrected chi connectivity index (χ0v) is 23.4. The fraction of sp³-hybridized carbons (Fsp3) is 0.500. The number of nitrogens with zero attached hydrogens (tertiary/aromatic N) is 2. The third-order valence-corrected chi connectivity index (χ3v) is 10.7. The number of hydrogen-bond acceptors (Lipinski definition) is 6. The molecule has 2 saturated heterocycles. The molecule has 2 aromatic carbocycles. The Hall–Kier alpha value is -2.79. The van der Waals surface area contributed by atoms with E-state index in [1.165, 1.54) is 0 Å². The number of carbonyl (C=O) groups excluding carboxylic acids is 2. The van der Waals surface area contributed by atoms with Crippen LogP contribution in [0, 0.1) is 5.92 Å². The number of nitrogens with one attached hydrogen (secondary N) is 1. The topological polar surface area (TPSA) is 91.3 Å². The van der Waals surface area contributed by atoms with Gasteiger partial charge in [0.05, 0.1) is 32.0 Å². The van der Waals surface area contributed by atoms with Crippen molar-refractivity contribution in [3.63, 3.8) is 0 Å². The Balaban J connectivity index is 1.55. The molecule has 3 aliphatic rings. The van der Waals surface area contributed by atoms with Crippen molar-refractivity contribution in [2.75, 3.05) is 43.2 Å². The summed E-state index contributed by atoms with van der Waals surface area (Å²) in [5.41, 5.74) is 1.22. The molecule has 2 amide bonds. The van der Waals surface area contributed by atoms with E-state index in [1.807, 2.05) is 49.4 Å². The van der Waals surface area contributed by atoms with Crippen molar-refractivity contribution in [3.8, 4) is 5.75 Å². The minimum Gasteiger partial charge on any atom is -0.497 e. The molecule has 0 radical (unpaired) electrons. The van der Waals surface area contributed by atoms with Crippen LogP contribution in [0.3, 0.4) is 0 Å². The summed E-state index contributed by atoms with van der Waals surface area (Å²) in [4.78, 5) is 30.3. The third-order valence-electron chi connectivity index (χ3n) is 8.23. The summed E-state index contributed by atoms with van der Waals surface area (Å²) in [6.45, 7) is 6.92. The molecule has 1 spiro atoms. The van der Waals surface area contributed by atoms with Gasteiger partial charge < -0.3 is 33.8 Å². The molecule has 204 valence electrons. The summed E-state index contributed by atoms with van der Waals surface area (Å²) in [7, 11) is -1.69. The Bertz CT molecular complexity index is 1240. The highest BCUT2D eigenvalue weighted by atomic mass is 28.4. The van der Waals surface area contributed by atoms with E-state index in [4.69, 9.17) is 9.47 Å². The number of piperazine rings is 1. The molecule has 3 aliphatic heterocycles. The first-order chi connectivity index (χ1) is 18.1. The Morgan fingerprint density at radius 2 is 2.03 bits per heavy atom. The summed E-state index contributed by atoms with van der Waals surface area (Å²) < 4.78 is 27.8. The molecule has 38 heavy (non-hydrogen) atoms. The van der Waals surface area contributed by atoms with Crippen molar-refractivity contribution in [3.05, 3.63) is 53.6 Å². The molecule has 5 rings (SSSR count). The summed E-state index contributed by atoms with van der Waals surface area (Å²) in [5.74, 6) is -0.0691. The average Bonchev–Trinajstić information content (AvgIpc) is 3.31. The lowest BCUT2D eigenvalue weighted by atomic mass is 9.82. The molecule has 0 unspecified atom stereocenters. The summed E-state index contributed by atoms with van der Waals surface area (Å²) in [6.07, 6.45) is -0.295. The highest BCUT2D eigenvalue weighted by molar-refractivity contribution is 6.72. The van der Waals surface area contributed by atoms with Crippen LogP contribution in [-0.4, -0.2) is 64.8 Å². The number of aliphatic hydroxyl groups excluding tert-OH is 1. The van der Waals surface area contributed by atoms with Crippen LogP contribution in [0.2, 0.25) is 18.6 Å². The molecule has 3 heterocycles. The van der Waals surface area contributed by atoms with Crippen molar-refractivity contribution in [1.29, 1.82) is 0 Å². The maximum absolute atomic E-state index is 15.7. The maximum Gasteiger partial charge on any atom is 0.264 e. The van der Waals surface area contributed by atoms with Gasteiger partial charge in [-0.1, -0.05) is 19.1 Å². The van der Waals surface area contributed by atoms with Crippen LogP contribution in [0.4, 0.5) is 15.5 Å². The van der Waals surface area contributed by atoms with Crippen LogP contribution >= 0.6 is 0 Å². The number of halogens is 1. The van der Waals surface area contributed by atoms with E-state index in [-0.39, 0.29) is 31.4 Å². The number of aliphatic hydroxyl groups is 1. The van der Waals surface area contributed by atoms with E-state index in [0.29, 0.717) is 30.1 Å². The number of rotatable bonds is 7. The quantitative estimate of drug-likeness (QED) is 0.413. The molecular formula is C28H36FN3O5Si. The van der Waals surface area contributed by atoms with Crippen molar-refractivity contribution < 1.29 is 28.3 Å². The minimum absolute atomic E-state index is 0.00851. The highest BCUT2D eigenvalue weighted by Gasteiger charge is 2.66. The Kier molecular flexibility index (Phi) is 7.10. The number of fused-ring (bicyclic) bond motifs is 2. The summed E-state index contributed by atoms with van der Waals surface area (Å²) in [6, 6.07) is 13.2. The molecule has 4 atom stereocenters. The predicted molar refractivity (Wildman–Crippen MR) is 146 cm³/mol. The zero-order valence-electron chi connectivity index (χ0n) is 22.4. The van der Waals surface area contributed by atoms with Gasteiger partial charge in [0.25, 0.3) is 5.91 Å². The van der Waals surface area contributed by atoms with Gasteiger partial charge in [-0.3, -0.25) is 9.59 Å². The van der Waals surface area contributed by atoms with Crippen molar-refractivity contribution in [1.82, 2.24) is 5.32 Å². The Labute approximate surface area is 223 Å². The molecule has 10 heteroatoms. The fourth-order valence-electron chi connectivity index (χ4n) is 6.59. The second-order valence-corrected chi connectivity index (χ2v) is 14.7. The van der Waals surface area contributed by atoms with Crippen LogP contribution < -0.4 is 19.9 Å². The predicted octanol–water partition coefficient (Wildman–Crippen LogP) is 3.34. The highest BCUT2D eigenvalue weighted by Crippen LogP contribution is 2.60. The number of amides is 2. The molecule has 0 aromatic heterocycles. The van der Waals surface area contributed by atoms with Crippen LogP contribution in [0.1, 0.15) is 24.5 Å². The largest absolute Gasteiger partial charge is 0.497 e. The second-order valence-electron chi connectivity index (χ2n) is 10.9. The first-order valence-electron chi connectivity index (χ1n) is 13.2. The van der Waals surface area contributed by atoms with Gasteiger partial charge in [0.1, 0.15) is 5.75 Å². The lowest BCUT2D eigenvalue weighted by Crippen LogP contribution is -2.48. The average molecular weight is 542 g/mol. The number of ether oxygens (including phenoxy) is 2. The number of anilines is 2. The standard InChI is InChI=1S/C28H36FN3O5Si/c1-18-26(38(3,4)29)24(10-13-33)37-28(18)22-15-21(36-2)8-9-23(22)32(27(28)35)17-19-6-5-7-20(14-19)31-12-11-30-16-25(31)34/h5-9,14-15,18,24,26,30,33H,10-13,16-17H2,1-4H3/t18-,24+,26-,28+/m0/s1. The van der Waals surface area contributed by atoms with Crippen LogP contribution in [0.25, 0.3) is 0 Å². The zero-order chi connectivity index (χ0) is 27.2. The van der Waals surface area contributed by atoms with Crippen LogP contribution in [0.5, 0.6) is 5.75 Å². The van der Waals surface area contributed by atoms with Gasteiger partial charge in [-0.05, 0) is 55.4 Å². The maximum atomic E-state index is 15.7. The van der Waals surface area contributed by atoms with Gasteiger partial charge >= 0.3 is 0 Å². The number of methoxy groups -OCH3 is 1. The molecule has 0 saturated carbocycles. The van der Waals surface area contributed by atoms with Gasteiger partial charge in [0, 0.05) is 42.4 Å². The van der Waals surface area contributed by atoms with Crippen molar-refractivity contribution in [2.24, 2.45) is 5.92 Å². The molecule has 2 N–H and O–H groups in total. The number of hydrogen-bond donors (Lipinski definition) is 2. The van der Waals surface area contributed by atoms with E-state index in [1.54, 1.807) is 30.0 Å². The molecule has 8 nitrogen and oxygen atoms in total. The SMILES string of the molecule is COc1ccc2c(c1)[C@@]1(O[C@H](CCO)[C@@H]([Si](C)(C)F)[C@@H]1C)C(=O)N2Cc1cccc(N2CCNCC2=O)c1. The van der Waals surface area contributed by atoms with Gasteiger partial charge in [-0.25, -0.2) is 0 Å². The van der Waals surface area contributed by atoms with Gasteiger partial charge in [-0.2, -0.15) is 0 Å². The monoisotopic (exact) mass is 541 g/mol. The lowest BCUT2D eigenvalue weighted by molar-refractivity contribution is -0.146. The normalized spacial score (nSPS) is 27.4. The second kappa shape index (κ2) is 10.1. The van der Waals surface area contributed by atoms with Crippen molar-refractivity contribution >= 4 is 31.6 Å². The van der Waals surface area contributed by atoms with Gasteiger partial charge in [0.15, 0.2) is 5.60 Å². The van der Waals surface area contributed by atoms with E-state index >= 15 is 4.11 Å². The Morgan fingerprint density at radius 1 is 1.24 bits per heavy atom. The number of benzene rings is 2. The van der Waals surface area contributed by atoms with Crippen LogP contribution in [0.15, 0.2) is 42.5 Å². The van der Waals surface area contributed by atoms with Crippen LogP contribution in [-0.2, 0) is 26.5 Å².